The second-order valence-corrected chi connectivity index (χ2v) is 7.47. The molecule has 1 aromatic rings. The van der Waals surface area contributed by atoms with Gasteiger partial charge in [-0.05, 0) is 25.5 Å². The smallest absolute Gasteiger partial charge is 0.270 e. The average Bonchev–Trinajstić information content (AvgIpc) is 2.86. The Morgan fingerprint density at radius 1 is 1.59 bits per heavy atom. The van der Waals surface area contributed by atoms with Crippen molar-refractivity contribution in [3.63, 3.8) is 0 Å². The second-order valence-electron chi connectivity index (χ2n) is 5.24. The SMILES string of the molecule is C=CCNC(=O)c1cc(N(CC)C2CCS(=O)(=O)C2)ccn1. The van der Waals surface area contributed by atoms with Crippen LogP contribution in [0.2, 0.25) is 0 Å². The second kappa shape index (κ2) is 6.91. The third-order valence-electron chi connectivity index (χ3n) is 3.70. The van der Waals surface area contributed by atoms with Gasteiger partial charge in [-0.15, -0.1) is 6.58 Å². The highest BCUT2D eigenvalue weighted by atomic mass is 32.2. The Kier molecular flexibility index (Phi) is 5.18. The molecule has 6 nitrogen and oxygen atoms in total. The lowest BCUT2D eigenvalue weighted by Crippen LogP contribution is -2.36. The Labute approximate surface area is 131 Å². The van der Waals surface area contributed by atoms with E-state index in [4.69, 9.17) is 0 Å². The summed E-state index contributed by atoms with van der Waals surface area (Å²) in [5.74, 6) is 0.129. The van der Waals surface area contributed by atoms with Crippen molar-refractivity contribution < 1.29 is 13.2 Å². The molecule has 1 unspecified atom stereocenters. The molecule has 0 aliphatic carbocycles. The van der Waals surface area contributed by atoms with Gasteiger partial charge in [-0.25, -0.2) is 8.42 Å². The molecule has 0 saturated carbocycles. The number of pyridine rings is 1. The highest BCUT2D eigenvalue weighted by Crippen LogP contribution is 2.24. The van der Waals surface area contributed by atoms with Gasteiger partial charge in [-0.2, -0.15) is 0 Å². The van der Waals surface area contributed by atoms with E-state index in [2.05, 4.69) is 16.9 Å². The van der Waals surface area contributed by atoms with Crippen molar-refractivity contribution in [1.82, 2.24) is 10.3 Å². The van der Waals surface area contributed by atoms with Gasteiger partial charge in [0.2, 0.25) is 0 Å². The Hall–Kier alpha value is -1.89. The maximum absolute atomic E-state index is 12.0. The Morgan fingerprint density at radius 2 is 2.36 bits per heavy atom. The number of carbonyl (C=O) groups excluding carboxylic acids is 1. The Bertz CT molecular complexity index is 658. The van der Waals surface area contributed by atoms with Gasteiger partial charge in [0, 0.05) is 31.0 Å². The lowest BCUT2D eigenvalue weighted by Gasteiger charge is -2.29. The van der Waals surface area contributed by atoms with Gasteiger partial charge in [0.1, 0.15) is 5.69 Å². The van der Waals surface area contributed by atoms with Gasteiger partial charge in [0.25, 0.3) is 5.91 Å². The molecule has 0 bridgehead atoms. The summed E-state index contributed by atoms with van der Waals surface area (Å²) in [5.41, 5.74) is 1.14. The first-order valence-electron chi connectivity index (χ1n) is 7.29. The molecule has 1 aliphatic heterocycles. The number of hydrogen-bond donors (Lipinski definition) is 1. The number of nitrogens with one attached hydrogen (secondary N) is 1. The third kappa shape index (κ3) is 3.85. The van der Waals surface area contributed by atoms with E-state index >= 15 is 0 Å². The third-order valence-corrected chi connectivity index (χ3v) is 5.45. The first-order chi connectivity index (χ1) is 10.5. The monoisotopic (exact) mass is 323 g/mol. The maximum Gasteiger partial charge on any atom is 0.270 e. The fourth-order valence-corrected chi connectivity index (χ4v) is 4.38. The van der Waals surface area contributed by atoms with Crippen molar-refractivity contribution in [3.8, 4) is 0 Å². The molecule has 1 aromatic heterocycles. The molecular weight excluding hydrogens is 302 g/mol. The fraction of sp³-hybridized carbons (Fsp3) is 0.467. The number of sulfone groups is 1. The zero-order valence-corrected chi connectivity index (χ0v) is 13.5. The number of amides is 1. The molecule has 22 heavy (non-hydrogen) atoms. The van der Waals surface area contributed by atoms with Gasteiger partial charge in [0.15, 0.2) is 9.84 Å². The minimum atomic E-state index is -2.94. The van der Waals surface area contributed by atoms with Crippen molar-refractivity contribution in [2.45, 2.75) is 19.4 Å². The number of anilines is 1. The molecule has 1 N–H and O–H groups in total. The standard InChI is InChI=1S/C15H21N3O3S/c1-3-7-17-15(19)14-10-12(5-8-16-14)18(4-2)13-6-9-22(20,21)11-13/h3,5,8,10,13H,1,4,6-7,9,11H2,2H3,(H,17,19). The summed E-state index contributed by atoms with van der Waals surface area (Å²) in [6.07, 6.45) is 3.80. The van der Waals surface area contributed by atoms with E-state index in [1.807, 2.05) is 11.8 Å². The first kappa shape index (κ1) is 16.5. The molecule has 1 saturated heterocycles. The van der Waals surface area contributed by atoms with E-state index in [1.54, 1.807) is 24.4 Å². The van der Waals surface area contributed by atoms with Gasteiger partial charge in [0.05, 0.1) is 11.5 Å². The summed E-state index contributed by atoms with van der Waals surface area (Å²) >= 11 is 0. The van der Waals surface area contributed by atoms with Gasteiger partial charge in [-0.1, -0.05) is 6.08 Å². The van der Waals surface area contributed by atoms with Crippen LogP contribution in [0, 0.1) is 0 Å². The van der Waals surface area contributed by atoms with Crippen LogP contribution in [0.3, 0.4) is 0 Å². The summed E-state index contributed by atoms with van der Waals surface area (Å²) in [6.45, 7) is 6.58. The average molecular weight is 323 g/mol. The highest BCUT2D eigenvalue weighted by Gasteiger charge is 2.32. The van der Waals surface area contributed by atoms with Crippen LogP contribution in [-0.4, -0.2) is 49.9 Å². The van der Waals surface area contributed by atoms with Crippen molar-refractivity contribution in [3.05, 3.63) is 36.7 Å². The van der Waals surface area contributed by atoms with Gasteiger partial charge < -0.3 is 10.2 Å². The number of aromatic nitrogens is 1. The molecule has 2 heterocycles. The minimum absolute atomic E-state index is 0.0403. The van der Waals surface area contributed by atoms with Gasteiger partial charge in [-0.3, -0.25) is 9.78 Å². The summed E-state index contributed by atoms with van der Waals surface area (Å²) in [5, 5.41) is 2.68. The molecule has 1 amide bonds. The summed E-state index contributed by atoms with van der Waals surface area (Å²) in [7, 11) is -2.94. The van der Waals surface area contributed by atoms with Crippen molar-refractivity contribution in [2.24, 2.45) is 0 Å². The lowest BCUT2D eigenvalue weighted by atomic mass is 10.2. The largest absolute Gasteiger partial charge is 0.368 e. The van der Waals surface area contributed by atoms with E-state index in [-0.39, 0.29) is 23.5 Å². The molecule has 1 fully saturated rings. The van der Waals surface area contributed by atoms with Crippen LogP contribution in [0.5, 0.6) is 0 Å². The van der Waals surface area contributed by atoms with Crippen LogP contribution in [0.25, 0.3) is 0 Å². The molecule has 120 valence electrons. The molecular formula is C15H21N3O3S. The fourth-order valence-electron chi connectivity index (χ4n) is 2.65. The molecule has 2 rings (SSSR count). The van der Waals surface area contributed by atoms with E-state index in [0.717, 1.165) is 5.69 Å². The number of hydrogen-bond acceptors (Lipinski definition) is 5. The normalized spacial score (nSPS) is 19.6. The molecule has 0 radical (unpaired) electrons. The molecule has 0 spiro atoms. The van der Waals surface area contributed by atoms with E-state index in [1.165, 1.54) is 0 Å². The number of carbonyl (C=O) groups is 1. The summed E-state index contributed by atoms with van der Waals surface area (Å²) in [4.78, 5) is 18.1. The van der Waals surface area contributed by atoms with Crippen molar-refractivity contribution in [2.75, 3.05) is 29.5 Å². The predicted molar refractivity (Wildman–Crippen MR) is 86.8 cm³/mol. The number of rotatable bonds is 6. The quantitative estimate of drug-likeness (QED) is 0.791. The zero-order valence-electron chi connectivity index (χ0n) is 12.7. The van der Waals surface area contributed by atoms with E-state index in [9.17, 15) is 13.2 Å². The lowest BCUT2D eigenvalue weighted by molar-refractivity contribution is 0.0953. The van der Waals surface area contributed by atoms with Crippen molar-refractivity contribution in [1.29, 1.82) is 0 Å². The predicted octanol–water partition coefficient (Wildman–Crippen LogP) is 1.01. The van der Waals surface area contributed by atoms with Crippen LogP contribution in [0.1, 0.15) is 23.8 Å². The Balaban J connectivity index is 2.19. The van der Waals surface area contributed by atoms with Gasteiger partial charge >= 0.3 is 0 Å². The van der Waals surface area contributed by atoms with Crippen LogP contribution < -0.4 is 10.2 Å². The van der Waals surface area contributed by atoms with Crippen molar-refractivity contribution >= 4 is 21.4 Å². The topological polar surface area (TPSA) is 79.4 Å². The number of nitrogens with zero attached hydrogens (tertiary/aromatic N) is 2. The Morgan fingerprint density at radius 3 is 2.95 bits per heavy atom. The van der Waals surface area contributed by atoms with Crippen LogP contribution in [0.15, 0.2) is 31.0 Å². The minimum Gasteiger partial charge on any atom is -0.368 e. The summed E-state index contributed by atoms with van der Waals surface area (Å²) in [6, 6.07) is 3.47. The zero-order chi connectivity index (χ0) is 16.2. The highest BCUT2D eigenvalue weighted by molar-refractivity contribution is 7.91. The van der Waals surface area contributed by atoms with E-state index in [0.29, 0.717) is 25.2 Å². The summed E-state index contributed by atoms with van der Waals surface area (Å²) < 4.78 is 23.3. The molecule has 7 heteroatoms. The molecule has 1 aliphatic rings. The van der Waals surface area contributed by atoms with E-state index < -0.39 is 9.84 Å². The van der Waals surface area contributed by atoms with Crippen LogP contribution in [0.4, 0.5) is 5.69 Å². The molecule has 1 atom stereocenters. The first-order valence-corrected chi connectivity index (χ1v) is 9.11. The van der Waals surface area contributed by atoms with Crippen LogP contribution >= 0.6 is 0 Å². The van der Waals surface area contributed by atoms with Crippen LogP contribution in [-0.2, 0) is 9.84 Å². The maximum atomic E-state index is 12.0. The molecule has 0 aromatic carbocycles.